The lowest BCUT2D eigenvalue weighted by atomic mass is 10.1. The number of methoxy groups -OCH3 is 1. The Bertz CT molecular complexity index is 955. The van der Waals surface area contributed by atoms with Gasteiger partial charge in [0.2, 0.25) is 0 Å². The molecule has 1 amide bonds. The smallest absolute Gasteiger partial charge is 0.326 e. The molecule has 1 aliphatic heterocycles. The number of nitrogens with zero attached hydrogens (tertiary/aromatic N) is 3. The molecule has 148 valence electrons. The Morgan fingerprint density at radius 2 is 2.11 bits per heavy atom. The van der Waals surface area contributed by atoms with E-state index in [1.165, 1.54) is 22.8 Å². The SMILES string of the molecule is COC1CC(C(=O)O)N(C(=O)c2nn(-c3ccc(C)cc3F)c3c2CCC3)C1. The maximum Gasteiger partial charge on any atom is 0.326 e. The van der Waals surface area contributed by atoms with Crippen LogP contribution >= 0.6 is 0 Å². The zero-order chi connectivity index (χ0) is 20.0. The fourth-order valence-corrected chi connectivity index (χ4v) is 4.15. The molecule has 4 rings (SSSR count). The summed E-state index contributed by atoms with van der Waals surface area (Å²) in [7, 11) is 1.50. The second-order valence-electron chi connectivity index (χ2n) is 7.40. The third-order valence-corrected chi connectivity index (χ3v) is 5.61. The number of aromatic nitrogens is 2. The van der Waals surface area contributed by atoms with Gasteiger partial charge in [-0.15, -0.1) is 0 Å². The summed E-state index contributed by atoms with van der Waals surface area (Å²) in [5, 5.41) is 13.9. The normalized spacial score (nSPS) is 21.2. The third-order valence-electron chi connectivity index (χ3n) is 5.61. The van der Waals surface area contributed by atoms with Crippen LogP contribution in [0.1, 0.15) is 40.2 Å². The van der Waals surface area contributed by atoms with Crippen LogP contribution in [-0.2, 0) is 22.4 Å². The molecular formula is C20H22FN3O4. The van der Waals surface area contributed by atoms with Crippen LogP contribution in [0.25, 0.3) is 5.69 Å². The summed E-state index contributed by atoms with van der Waals surface area (Å²) in [4.78, 5) is 26.1. The van der Waals surface area contributed by atoms with E-state index in [2.05, 4.69) is 5.10 Å². The van der Waals surface area contributed by atoms with Crippen molar-refractivity contribution in [2.24, 2.45) is 0 Å². The van der Waals surface area contributed by atoms with Gasteiger partial charge < -0.3 is 14.7 Å². The first kappa shape index (κ1) is 18.6. The van der Waals surface area contributed by atoms with Crippen LogP contribution in [0, 0.1) is 12.7 Å². The number of benzene rings is 1. The summed E-state index contributed by atoms with van der Waals surface area (Å²) >= 11 is 0. The van der Waals surface area contributed by atoms with Gasteiger partial charge in [-0.2, -0.15) is 5.10 Å². The van der Waals surface area contributed by atoms with Crippen LogP contribution in [-0.4, -0.2) is 57.5 Å². The Hall–Kier alpha value is -2.74. The second kappa shape index (κ2) is 7.01. The van der Waals surface area contributed by atoms with E-state index in [0.717, 1.165) is 23.2 Å². The number of carboxylic acids is 1. The number of aryl methyl sites for hydroxylation is 1. The van der Waals surface area contributed by atoms with E-state index in [-0.39, 0.29) is 24.8 Å². The Morgan fingerprint density at radius 1 is 1.32 bits per heavy atom. The van der Waals surface area contributed by atoms with Crippen molar-refractivity contribution in [3.63, 3.8) is 0 Å². The fraction of sp³-hybridized carbons (Fsp3) is 0.450. The third kappa shape index (κ3) is 2.97. The summed E-state index contributed by atoms with van der Waals surface area (Å²) < 4.78 is 21.3. The number of hydrogen-bond acceptors (Lipinski definition) is 4. The van der Waals surface area contributed by atoms with Crippen molar-refractivity contribution >= 4 is 11.9 Å². The van der Waals surface area contributed by atoms with E-state index in [9.17, 15) is 19.1 Å². The number of rotatable bonds is 4. The Balaban J connectivity index is 1.75. The highest BCUT2D eigenvalue weighted by Crippen LogP contribution is 2.31. The van der Waals surface area contributed by atoms with Crippen molar-refractivity contribution in [2.75, 3.05) is 13.7 Å². The number of halogens is 1. The minimum atomic E-state index is -1.06. The molecule has 1 N–H and O–H groups in total. The summed E-state index contributed by atoms with van der Waals surface area (Å²) in [5.41, 5.74) is 2.92. The number of amides is 1. The highest BCUT2D eigenvalue weighted by atomic mass is 19.1. The largest absolute Gasteiger partial charge is 0.480 e. The molecule has 1 aromatic heterocycles. The first-order valence-corrected chi connectivity index (χ1v) is 9.34. The van der Waals surface area contributed by atoms with Crippen molar-refractivity contribution in [3.8, 4) is 5.69 Å². The number of fused-ring (bicyclic) bond motifs is 1. The number of hydrogen-bond donors (Lipinski definition) is 1. The number of aliphatic carboxylic acids is 1. The molecule has 0 bridgehead atoms. The Morgan fingerprint density at radius 3 is 2.79 bits per heavy atom. The lowest BCUT2D eigenvalue weighted by molar-refractivity contribution is -0.141. The summed E-state index contributed by atoms with van der Waals surface area (Å²) in [6.07, 6.45) is 2.14. The van der Waals surface area contributed by atoms with E-state index in [1.54, 1.807) is 19.1 Å². The van der Waals surface area contributed by atoms with Crippen molar-refractivity contribution in [3.05, 3.63) is 46.5 Å². The van der Waals surface area contributed by atoms with E-state index in [4.69, 9.17) is 4.74 Å². The van der Waals surface area contributed by atoms with Gasteiger partial charge in [-0.05, 0) is 43.9 Å². The monoisotopic (exact) mass is 387 g/mol. The molecule has 2 unspecified atom stereocenters. The van der Waals surface area contributed by atoms with E-state index in [1.807, 2.05) is 0 Å². The molecule has 1 aliphatic carbocycles. The highest BCUT2D eigenvalue weighted by molar-refractivity contribution is 5.97. The van der Waals surface area contributed by atoms with Crippen molar-refractivity contribution in [1.29, 1.82) is 0 Å². The zero-order valence-electron chi connectivity index (χ0n) is 15.8. The van der Waals surface area contributed by atoms with Crippen molar-refractivity contribution in [2.45, 2.75) is 44.8 Å². The second-order valence-corrected chi connectivity index (χ2v) is 7.40. The lowest BCUT2D eigenvalue weighted by Crippen LogP contribution is -2.41. The maximum absolute atomic E-state index is 14.5. The summed E-state index contributed by atoms with van der Waals surface area (Å²) in [5.74, 6) is -1.90. The first-order chi connectivity index (χ1) is 13.4. The number of carbonyl (C=O) groups excluding carboxylic acids is 1. The molecule has 0 saturated carbocycles. The van der Waals surface area contributed by atoms with Crippen LogP contribution < -0.4 is 0 Å². The maximum atomic E-state index is 14.5. The van der Waals surface area contributed by atoms with Gasteiger partial charge in [0.25, 0.3) is 5.91 Å². The van der Waals surface area contributed by atoms with Gasteiger partial charge in [0.05, 0.1) is 6.10 Å². The van der Waals surface area contributed by atoms with Crippen LogP contribution in [0.4, 0.5) is 4.39 Å². The van der Waals surface area contributed by atoms with Crippen molar-refractivity contribution < 1.29 is 23.8 Å². The van der Waals surface area contributed by atoms with Gasteiger partial charge in [0, 0.05) is 31.3 Å². The number of ether oxygens (including phenoxy) is 1. The van der Waals surface area contributed by atoms with Gasteiger partial charge in [-0.25, -0.2) is 13.9 Å². The molecule has 2 atom stereocenters. The van der Waals surface area contributed by atoms with E-state index >= 15 is 0 Å². The molecule has 8 heteroatoms. The van der Waals surface area contributed by atoms with E-state index in [0.29, 0.717) is 18.5 Å². The zero-order valence-corrected chi connectivity index (χ0v) is 15.8. The standard InChI is InChI=1S/C20H22FN3O4/c1-11-6-7-16(14(21)8-11)24-15-5-3-4-13(15)18(22-24)19(25)23-10-12(28-2)9-17(23)20(26)27/h6-8,12,17H,3-5,9-10H2,1-2H3,(H,26,27). The molecule has 2 aromatic rings. The fourth-order valence-electron chi connectivity index (χ4n) is 4.15. The van der Waals surface area contributed by atoms with Crippen molar-refractivity contribution in [1.82, 2.24) is 14.7 Å². The van der Waals surface area contributed by atoms with E-state index < -0.39 is 23.7 Å². The summed E-state index contributed by atoms with van der Waals surface area (Å²) in [6.45, 7) is 2.01. The molecule has 28 heavy (non-hydrogen) atoms. The summed E-state index contributed by atoms with van der Waals surface area (Å²) in [6, 6.07) is 3.94. The van der Waals surface area contributed by atoms with Gasteiger partial charge in [0.15, 0.2) is 5.69 Å². The topological polar surface area (TPSA) is 84.7 Å². The molecular weight excluding hydrogens is 365 g/mol. The molecule has 7 nitrogen and oxygen atoms in total. The van der Waals surface area contributed by atoms with Gasteiger partial charge in [-0.3, -0.25) is 4.79 Å². The van der Waals surface area contributed by atoms with Crippen LogP contribution in [0.2, 0.25) is 0 Å². The predicted octanol–water partition coefficient (Wildman–Crippen LogP) is 2.12. The molecule has 1 saturated heterocycles. The quantitative estimate of drug-likeness (QED) is 0.869. The molecule has 0 radical (unpaired) electrons. The molecule has 0 spiro atoms. The number of likely N-dealkylation sites (tertiary alicyclic amines) is 1. The Kier molecular flexibility index (Phi) is 4.66. The van der Waals surface area contributed by atoms with Gasteiger partial charge in [0.1, 0.15) is 17.5 Å². The Labute approximate surface area is 161 Å². The number of carboxylic acid groups (broad SMARTS) is 1. The minimum absolute atomic E-state index is 0.201. The van der Waals surface area contributed by atoms with Crippen LogP contribution in [0.5, 0.6) is 0 Å². The molecule has 1 fully saturated rings. The lowest BCUT2D eigenvalue weighted by Gasteiger charge is -2.20. The average molecular weight is 387 g/mol. The predicted molar refractivity (Wildman–Crippen MR) is 98.2 cm³/mol. The van der Waals surface area contributed by atoms with Gasteiger partial charge >= 0.3 is 5.97 Å². The first-order valence-electron chi connectivity index (χ1n) is 9.34. The molecule has 2 aliphatic rings. The molecule has 2 heterocycles. The van der Waals surface area contributed by atoms with Gasteiger partial charge in [-0.1, -0.05) is 6.07 Å². The highest BCUT2D eigenvalue weighted by Gasteiger charge is 2.42. The average Bonchev–Trinajstić information content (AvgIpc) is 3.36. The van der Waals surface area contributed by atoms with Crippen LogP contribution in [0.15, 0.2) is 18.2 Å². The number of carbonyl (C=O) groups is 2. The molecule has 1 aromatic carbocycles. The minimum Gasteiger partial charge on any atom is -0.480 e. The van der Waals surface area contributed by atoms with Crippen LogP contribution in [0.3, 0.4) is 0 Å².